The minimum atomic E-state index is -0.684. The smallest absolute Gasteiger partial charge is 0.259 e. The summed E-state index contributed by atoms with van der Waals surface area (Å²) in [6.45, 7) is 0. The van der Waals surface area contributed by atoms with Gasteiger partial charge in [0, 0.05) is 0 Å². The molecule has 0 radical (unpaired) electrons. The highest BCUT2D eigenvalue weighted by Gasteiger charge is 2.17. The molecule has 3 N–H and O–H groups in total. The zero-order chi connectivity index (χ0) is 14.0. The lowest BCUT2D eigenvalue weighted by Crippen LogP contribution is -2.17. The molecule has 2 aromatic heterocycles. The van der Waals surface area contributed by atoms with Crippen molar-refractivity contribution in [2.75, 3.05) is 5.32 Å². The van der Waals surface area contributed by atoms with Crippen LogP contribution < -0.4 is 11.1 Å². The zero-order valence-electron chi connectivity index (χ0n) is 9.31. The number of hydrogen-bond donors (Lipinski definition) is 2. The lowest BCUT2D eigenvalue weighted by Gasteiger charge is -2.05. The van der Waals surface area contributed by atoms with Crippen LogP contribution in [-0.2, 0) is 0 Å². The van der Waals surface area contributed by atoms with Gasteiger partial charge in [-0.25, -0.2) is 9.37 Å². The largest absolute Gasteiger partial charge is 0.366 e. The van der Waals surface area contributed by atoms with Crippen molar-refractivity contribution < 1.29 is 14.0 Å². The summed E-state index contributed by atoms with van der Waals surface area (Å²) in [6, 6.07) is 2.44. The van der Waals surface area contributed by atoms with E-state index in [2.05, 4.69) is 10.3 Å². The maximum Gasteiger partial charge on any atom is 0.259 e. The molecule has 0 spiro atoms. The number of nitrogens with one attached hydrogen (secondary N) is 1. The van der Waals surface area contributed by atoms with Crippen LogP contribution in [0.3, 0.4) is 0 Å². The highest BCUT2D eigenvalue weighted by Crippen LogP contribution is 2.24. The predicted octanol–water partition coefficient (Wildman–Crippen LogP) is 2.29. The average molecular weight is 300 g/mol. The number of pyridine rings is 1. The monoisotopic (exact) mass is 299 g/mol. The Labute approximate surface area is 116 Å². The fraction of sp³-hybridized carbons (Fsp3) is 0. The summed E-state index contributed by atoms with van der Waals surface area (Å²) in [5, 5.41) is 4.19. The standard InChI is InChI=1S/C11H7ClFN3O2S/c12-8-7(3-5(13)4-15-8)10(18)16-11-6(9(14)17)1-2-19-11/h1-4H,(H2,14,17)(H,16,18). The molecule has 2 aromatic rings. The van der Waals surface area contributed by atoms with Gasteiger partial charge in [0.1, 0.15) is 16.0 Å². The number of rotatable bonds is 3. The number of aromatic nitrogens is 1. The van der Waals surface area contributed by atoms with Crippen LogP contribution in [0.1, 0.15) is 20.7 Å². The van der Waals surface area contributed by atoms with Crippen molar-refractivity contribution in [1.82, 2.24) is 4.98 Å². The quantitative estimate of drug-likeness (QED) is 0.853. The molecule has 19 heavy (non-hydrogen) atoms. The molecular weight excluding hydrogens is 293 g/mol. The molecule has 0 aliphatic rings. The number of halogens is 2. The van der Waals surface area contributed by atoms with Crippen LogP contribution in [0.15, 0.2) is 23.7 Å². The SMILES string of the molecule is NC(=O)c1ccsc1NC(=O)c1cc(F)cnc1Cl. The van der Waals surface area contributed by atoms with Crippen LogP contribution in [0.5, 0.6) is 0 Å². The van der Waals surface area contributed by atoms with Gasteiger partial charge in [0.15, 0.2) is 0 Å². The molecule has 8 heteroatoms. The van der Waals surface area contributed by atoms with Gasteiger partial charge in [-0.15, -0.1) is 11.3 Å². The second-order valence-electron chi connectivity index (χ2n) is 3.47. The van der Waals surface area contributed by atoms with E-state index in [0.717, 1.165) is 23.6 Å². The van der Waals surface area contributed by atoms with Crippen molar-refractivity contribution in [3.63, 3.8) is 0 Å². The molecule has 2 rings (SSSR count). The number of thiophene rings is 1. The first-order valence-corrected chi connectivity index (χ1v) is 6.24. The van der Waals surface area contributed by atoms with Crippen LogP contribution in [-0.4, -0.2) is 16.8 Å². The molecule has 0 aliphatic carbocycles. The van der Waals surface area contributed by atoms with Gasteiger partial charge in [0.2, 0.25) is 0 Å². The summed E-state index contributed by atoms with van der Waals surface area (Å²) < 4.78 is 13.0. The van der Waals surface area contributed by atoms with Gasteiger partial charge in [0.25, 0.3) is 11.8 Å². The first kappa shape index (κ1) is 13.4. The highest BCUT2D eigenvalue weighted by atomic mass is 35.5. The third-order valence-electron chi connectivity index (χ3n) is 2.21. The second kappa shape index (κ2) is 5.33. The molecule has 0 fully saturated rings. The predicted molar refractivity (Wildman–Crippen MR) is 70.0 cm³/mol. The van der Waals surface area contributed by atoms with Crippen molar-refractivity contribution in [2.45, 2.75) is 0 Å². The zero-order valence-corrected chi connectivity index (χ0v) is 10.9. The molecule has 0 aromatic carbocycles. The molecule has 0 aliphatic heterocycles. The van der Waals surface area contributed by atoms with E-state index in [4.69, 9.17) is 17.3 Å². The molecule has 0 saturated carbocycles. The van der Waals surface area contributed by atoms with E-state index in [-0.39, 0.29) is 21.3 Å². The Morgan fingerprint density at radius 3 is 2.84 bits per heavy atom. The Kier molecular flexibility index (Phi) is 3.77. The minimum absolute atomic E-state index is 0.120. The van der Waals surface area contributed by atoms with Crippen LogP contribution in [0, 0.1) is 5.82 Å². The summed E-state index contributed by atoms with van der Waals surface area (Å²) in [4.78, 5) is 26.5. The Bertz CT molecular complexity index is 659. The summed E-state index contributed by atoms with van der Waals surface area (Å²) >= 11 is 6.83. The molecular formula is C11H7ClFN3O2S. The van der Waals surface area contributed by atoms with Crippen LogP contribution in [0.25, 0.3) is 0 Å². The van der Waals surface area contributed by atoms with E-state index in [1.165, 1.54) is 6.07 Å². The number of carbonyl (C=O) groups excluding carboxylic acids is 2. The van der Waals surface area contributed by atoms with E-state index >= 15 is 0 Å². The van der Waals surface area contributed by atoms with Crippen molar-refractivity contribution in [3.8, 4) is 0 Å². The number of anilines is 1. The van der Waals surface area contributed by atoms with Gasteiger partial charge in [0.05, 0.1) is 17.3 Å². The minimum Gasteiger partial charge on any atom is -0.366 e. The van der Waals surface area contributed by atoms with Crippen LogP contribution in [0.2, 0.25) is 5.15 Å². The summed E-state index contributed by atoms with van der Waals surface area (Å²) in [7, 11) is 0. The highest BCUT2D eigenvalue weighted by molar-refractivity contribution is 7.14. The molecule has 98 valence electrons. The van der Waals surface area contributed by atoms with Gasteiger partial charge >= 0.3 is 0 Å². The third kappa shape index (κ3) is 2.88. The lowest BCUT2D eigenvalue weighted by atomic mass is 10.2. The normalized spacial score (nSPS) is 10.2. The van der Waals surface area contributed by atoms with Gasteiger partial charge in [-0.2, -0.15) is 0 Å². The van der Waals surface area contributed by atoms with Crippen LogP contribution >= 0.6 is 22.9 Å². The van der Waals surface area contributed by atoms with Gasteiger partial charge < -0.3 is 11.1 Å². The summed E-state index contributed by atoms with van der Waals surface area (Å²) in [6.07, 6.45) is 0.902. The topological polar surface area (TPSA) is 85.1 Å². The van der Waals surface area contributed by atoms with E-state index < -0.39 is 17.6 Å². The van der Waals surface area contributed by atoms with E-state index in [9.17, 15) is 14.0 Å². The van der Waals surface area contributed by atoms with Crippen molar-refractivity contribution >= 4 is 39.8 Å². The Hall–Kier alpha value is -1.99. The molecule has 0 bridgehead atoms. The van der Waals surface area contributed by atoms with Gasteiger partial charge in [-0.3, -0.25) is 9.59 Å². The Balaban J connectivity index is 2.28. The van der Waals surface area contributed by atoms with Crippen molar-refractivity contribution in [1.29, 1.82) is 0 Å². The fourth-order valence-corrected chi connectivity index (χ4v) is 2.33. The van der Waals surface area contributed by atoms with Gasteiger partial charge in [-0.1, -0.05) is 11.6 Å². The third-order valence-corrected chi connectivity index (χ3v) is 3.34. The first-order valence-electron chi connectivity index (χ1n) is 4.98. The Morgan fingerprint density at radius 2 is 2.16 bits per heavy atom. The summed E-state index contributed by atoms with van der Waals surface area (Å²) in [5.41, 5.74) is 5.21. The van der Waals surface area contributed by atoms with Crippen LogP contribution in [0.4, 0.5) is 9.39 Å². The molecule has 0 saturated heterocycles. The summed E-state index contributed by atoms with van der Waals surface area (Å²) in [5.74, 6) is -2.02. The lowest BCUT2D eigenvalue weighted by molar-refractivity contribution is 0.100. The van der Waals surface area contributed by atoms with Gasteiger partial charge in [-0.05, 0) is 17.5 Å². The average Bonchev–Trinajstić information content (AvgIpc) is 2.80. The molecule has 2 amide bonds. The number of nitrogens with zero attached hydrogens (tertiary/aromatic N) is 1. The molecule has 2 heterocycles. The number of amides is 2. The maximum absolute atomic E-state index is 13.0. The van der Waals surface area contributed by atoms with E-state index in [1.54, 1.807) is 5.38 Å². The Morgan fingerprint density at radius 1 is 1.42 bits per heavy atom. The number of primary amides is 1. The van der Waals surface area contributed by atoms with Crippen molar-refractivity contribution in [2.24, 2.45) is 5.73 Å². The second-order valence-corrected chi connectivity index (χ2v) is 4.75. The molecule has 0 atom stereocenters. The number of hydrogen-bond acceptors (Lipinski definition) is 4. The maximum atomic E-state index is 13.0. The molecule has 0 unspecified atom stereocenters. The van der Waals surface area contributed by atoms with Crippen molar-refractivity contribution in [3.05, 3.63) is 45.8 Å². The van der Waals surface area contributed by atoms with E-state index in [1.807, 2.05) is 0 Å². The van der Waals surface area contributed by atoms with E-state index in [0.29, 0.717) is 0 Å². The number of carbonyl (C=O) groups is 2. The molecule has 5 nitrogen and oxygen atoms in total. The fourth-order valence-electron chi connectivity index (χ4n) is 1.35. The number of nitrogens with two attached hydrogens (primary N) is 1. The first-order chi connectivity index (χ1) is 8.99.